The van der Waals surface area contributed by atoms with Gasteiger partial charge in [0.15, 0.2) is 5.65 Å². The van der Waals surface area contributed by atoms with Gasteiger partial charge in [0.25, 0.3) is 5.91 Å². The molecule has 0 aliphatic carbocycles. The lowest BCUT2D eigenvalue weighted by Gasteiger charge is -2.04. The van der Waals surface area contributed by atoms with E-state index in [0.29, 0.717) is 35.0 Å². The SMILES string of the molecule is Cc1[nH]c(-c2ccc(F)cc2)nc1C(=O)NCc1cnc2cnccn12. The molecule has 3 heterocycles. The largest absolute Gasteiger partial charge is 0.345 e. The summed E-state index contributed by atoms with van der Waals surface area (Å²) < 4.78 is 14.9. The Morgan fingerprint density at radius 2 is 2.08 bits per heavy atom. The van der Waals surface area contributed by atoms with Gasteiger partial charge in [-0.05, 0) is 31.2 Å². The number of carbonyl (C=O) groups excluding carboxylic acids is 1. The van der Waals surface area contributed by atoms with Crippen LogP contribution in [0.15, 0.2) is 49.1 Å². The summed E-state index contributed by atoms with van der Waals surface area (Å²) in [4.78, 5) is 28.2. The number of aryl methyl sites for hydroxylation is 1. The number of imidazole rings is 2. The number of H-pyrrole nitrogens is 1. The van der Waals surface area contributed by atoms with Crippen LogP contribution in [-0.4, -0.2) is 30.2 Å². The number of fused-ring (bicyclic) bond motifs is 1. The number of rotatable bonds is 4. The van der Waals surface area contributed by atoms with Crippen molar-refractivity contribution in [2.45, 2.75) is 13.5 Å². The second-order valence-electron chi connectivity index (χ2n) is 5.80. The number of aromatic amines is 1. The number of amides is 1. The van der Waals surface area contributed by atoms with Crippen molar-refractivity contribution in [1.82, 2.24) is 29.7 Å². The maximum absolute atomic E-state index is 13.1. The van der Waals surface area contributed by atoms with Crippen LogP contribution in [0.3, 0.4) is 0 Å². The van der Waals surface area contributed by atoms with E-state index in [9.17, 15) is 9.18 Å². The lowest BCUT2D eigenvalue weighted by molar-refractivity contribution is 0.0945. The van der Waals surface area contributed by atoms with Gasteiger partial charge in [0.2, 0.25) is 0 Å². The standard InChI is InChI=1S/C18H15FN6O/c1-11-16(24-17(23-11)12-2-4-13(19)5-3-12)18(26)22-9-14-8-21-15-10-20-6-7-25(14)15/h2-8,10H,9H2,1H3,(H,22,26)(H,23,24). The zero-order valence-corrected chi connectivity index (χ0v) is 13.9. The van der Waals surface area contributed by atoms with Gasteiger partial charge in [0.1, 0.15) is 17.3 Å². The Labute approximate surface area is 148 Å². The number of benzene rings is 1. The Balaban J connectivity index is 1.52. The Morgan fingerprint density at radius 3 is 2.88 bits per heavy atom. The molecule has 1 amide bonds. The minimum atomic E-state index is -0.321. The number of hydrogen-bond acceptors (Lipinski definition) is 4. The van der Waals surface area contributed by atoms with Crippen molar-refractivity contribution < 1.29 is 9.18 Å². The monoisotopic (exact) mass is 350 g/mol. The summed E-state index contributed by atoms with van der Waals surface area (Å²) in [5, 5.41) is 2.85. The van der Waals surface area contributed by atoms with Crippen molar-refractivity contribution in [3.63, 3.8) is 0 Å². The van der Waals surface area contributed by atoms with E-state index in [0.717, 1.165) is 5.69 Å². The van der Waals surface area contributed by atoms with Gasteiger partial charge in [0, 0.05) is 23.7 Å². The average Bonchev–Trinajstić information content (AvgIpc) is 3.24. The van der Waals surface area contributed by atoms with E-state index in [1.54, 1.807) is 43.8 Å². The van der Waals surface area contributed by atoms with E-state index in [4.69, 9.17) is 0 Å². The van der Waals surface area contributed by atoms with E-state index in [2.05, 4.69) is 25.3 Å². The smallest absolute Gasteiger partial charge is 0.272 e. The topological polar surface area (TPSA) is 88.0 Å². The molecule has 0 radical (unpaired) electrons. The summed E-state index contributed by atoms with van der Waals surface area (Å²) in [6.45, 7) is 2.08. The number of carbonyl (C=O) groups is 1. The molecule has 130 valence electrons. The van der Waals surface area contributed by atoms with E-state index < -0.39 is 0 Å². The normalized spacial score (nSPS) is 11.0. The minimum absolute atomic E-state index is 0.295. The molecule has 1 aromatic carbocycles. The Morgan fingerprint density at radius 1 is 1.27 bits per heavy atom. The fourth-order valence-corrected chi connectivity index (χ4v) is 2.71. The van der Waals surface area contributed by atoms with Gasteiger partial charge in [-0.2, -0.15) is 0 Å². The van der Waals surface area contributed by atoms with Gasteiger partial charge in [-0.15, -0.1) is 0 Å². The molecule has 0 saturated heterocycles. The first kappa shape index (κ1) is 15.9. The molecule has 4 aromatic rings. The predicted molar refractivity (Wildman–Crippen MR) is 92.9 cm³/mol. The second kappa shape index (κ2) is 6.40. The second-order valence-corrected chi connectivity index (χ2v) is 5.80. The van der Waals surface area contributed by atoms with Crippen molar-refractivity contribution >= 4 is 11.6 Å². The first-order valence-electron chi connectivity index (χ1n) is 7.98. The summed E-state index contributed by atoms with van der Waals surface area (Å²) in [5.41, 5.74) is 3.21. The molecular formula is C18H15FN6O. The van der Waals surface area contributed by atoms with Crippen molar-refractivity contribution in [3.05, 3.63) is 72.0 Å². The average molecular weight is 350 g/mol. The van der Waals surface area contributed by atoms with E-state index >= 15 is 0 Å². The molecule has 3 aromatic heterocycles. The number of hydrogen-bond donors (Lipinski definition) is 2. The molecule has 0 aliphatic rings. The zero-order chi connectivity index (χ0) is 18.1. The number of nitrogens with zero attached hydrogens (tertiary/aromatic N) is 4. The third-order valence-electron chi connectivity index (χ3n) is 4.04. The summed E-state index contributed by atoms with van der Waals surface area (Å²) in [7, 11) is 0. The lowest BCUT2D eigenvalue weighted by atomic mass is 10.2. The van der Waals surface area contributed by atoms with Gasteiger partial charge in [0.05, 0.1) is 24.6 Å². The van der Waals surface area contributed by atoms with Crippen LogP contribution in [0.2, 0.25) is 0 Å². The first-order valence-corrected chi connectivity index (χ1v) is 7.98. The highest BCUT2D eigenvalue weighted by molar-refractivity contribution is 5.94. The van der Waals surface area contributed by atoms with Crippen molar-refractivity contribution in [1.29, 1.82) is 0 Å². The number of nitrogens with one attached hydrogen (secondary N) is 2. The molecule has 26 heavy (non-hydrogen) atoms. The molecule has 7 nitrogen and oxygen atoms in total. The Kier molecular flexibility index (Phi) is 3.92. The first-order chi connectivity index (χ1) is 12.6. The molecule has 0 bridgehead atoms. The highest BCUT2D eigenvalue weighted by Gasteiger charge is 2.16. The molecule has 0 aliphatic heterocycles. The lowest BCUT2D eigenvalue weighted by Crippen LogP contribution is -2.24. The number of halogens is 1. The molecule has 0 spiro atoms. The summed E-state index contributed by atoms with van der Waals surface area (Å²) in [5.74, 6) is -0.0946. The van der Waals surface area contributed by atoms with E-state index in [1.807, 2.05) is 4.40 Å². The quantitative estimate of drug-likeness (QED) is 0.592. The molecule has 0 fully saturated rings. The van der Waals surface area contributed by atoms with Crippen molar-refractivity contribution in [3.8, 4) is 11.4 Å². The highest BCUT2D eigenvalue weighted by Crippen LogP contribution is 2.18. The molecule has 2 N–H and O–H groups in total. The van der Waals surface area contributed by atoms with Crippen LogP contribution in [-0.2, 0) is 6.54 Å². The Hall–Kier alpha value is -3.55. The van der Waals surface area contributed by atoms with Crippen molar-refractivity contribution in [2.24, 2.45) is 0 Å². The fourth-order valence-electron chi connectivity index (χ4n) is 2.71. The van der Waals surface area contributed by atoms with Crippen LogP contribution in [0.5, 0.6) is 0 Å². The molecule has 0 saturated carbocycles. The van der Waals surface area contributed by atoms with Crippen LogP contribution in [0.1, 0.15) is 21.9 Å². The fraction of sp³-hybridized carbons (Fsp3) is 0.111. The van der Waals surface area contributed by atoms with E-state index in [1.165, 1.54) is 12.1 Å². The number of aromatic nitrogens is 5. The third-order valence-corrected chi connectivity index (χ3v) is 4.04. The third kappa shape index (κ3) is 2.92. The van der Waals surface area contributed by atoms with E-state index in [-0.39, 0.29) is 11.7 Å². The Bertz CT molecular complexity index is 1080. The zero-order valence-electron chi connectivity index (χ0n) is 13.9. The molecule has 4 rings (SSSR count). The van der Waals surface area contributed by atoms with Crippen LogP contribution in [0, 0.1) is 12.7 Å². The minimum Gasteiger partial charge on any atom is -0.345 e. The van der Waals surface area contributed by atoms with Crippen LogP contribution in [0.25, 0.3) is 17.0 Å². The van der Waals surface area contributed by atoms with Gasteiger partial charge in [-0.25, -0.2) is 14.4 Å². The molecule has 8 heteroatoms. The summed E-state index contributed by atoms with van der Waals surface area (Å²) >= 11 is 0. The summed E-state index contributed by atoms with van der Waals surface area (Å²) in [6.07, 6.45) is 6.79. The van der Waals surface area contributed by atoms with Crippen LogP contribution < -0.4 is 5.32 Å². The van der Waals surface area contributed by atoms with Crippen LogP contribution >= 0.6 is 0 Å². The predicted octanol–water partition coefficient (Wildman–Crippen LogP) is 2.50. The molecule has 0 atom stereocenters. The highest BCUT2D eigenvalue weighted by atomic mass is 19.1. The van der Waals surface area contributed by atoms with Gasteiger partial charge in [-0.3, -0.25) is 14.2 Å². The van der Waals surface area contributed by atoms with Crippen LogP contribution in [0.4, 0.5) is 4.39 Å². The van der Waals surface area contributed by atoms with Crippen molar-refractivity contribution in [2.75, 3.05) is 0 Å². The maximum Gasteiger partial charge on any atom is 0.272 e. The van der Waals surface area contributed by atoms with Gasteiger partial charge >= 0.3 is 0 Å². The maximum atomic E-state index is 13.1. The summed E-state index contributed by atoms with van der Waals surface area (Å²) in [6, 6.07) is 5.93. The van der Waals surface area contributed by atoms with Gasteiger partial charge in [-0.1, -0.05) is 0 Å². The van der Waals surface area contributed by atoms with Gasteiger partial charge < -0.3 is 10.3 Å². The molecule has 0 unspecified atom stereocenters. The molecular weight excluding hydrogens is 335 g/mol.